The maximum absolute atomic E-state index is 8.89. The lowest BCUT2D eigenvalue weighted by Gasteiger charge is -1.99. The number of hydrogen-bond donors (Lipinski definition) is 0. The van der Waals surface area contributed by atoms with Crippen molar-refractivity contribution in [1.82, 2.24) is 0 Å². The third-order valence-electron chi connectivity index (χ3n) is 2.80. The molecule has 0 saturated heterocycles. The van der Waals surface area contributed by atoms with Crippen LogP contribution in [0.15, 0.2) is 24.5 Å². The molecule has 3 nitrogen and oxygen atoms in total. The first kappa shape index (κ1) is 17.6. The van der Waals surface area contributed by atoms with Gasteiger partial charge in [-0.05, 0) is 31.7 Å². The fourth-order valence-corrected chi connectivity index (χ4v) is 1.73. The van der Waals surface area contributed by atoms with Crippen molar-refractivity contribution in [3.05, 3.63) is 30.1 Å². The molecule has 0 N–H and O–H groups in total. The van der Waals surface area contributed by atoms with Gasteiger partial charge in [0.25, 0.3) is 0 Å². The van der Waals surface area contributed by atoms with Gasteiger partial charge in [0.1, 0.15) is 6.54 Å². The monoisotopic (exact) mass is 265 g/mol. The van der Waals surface area contributed by atoms with Gasteiger partial charge in [0, 0.05) is 24.5 Å². The van der Waals surface area contributed by atoms with E-state index < -0.39 is 5.97 Å². The van der Waals surface area contributed by atoms with Crippen molar-refractivity contribution in [3.8, 4) is 0 Å². The topological polar surface area (TPSA) is 44.0 Å². The van der Waals surface area contributed by atoms with Crippen LogP contribution in [0.3, 0.4) is 0 Å². The van der Waals surface area contributed by atoms with Crippen LogP contribution in [0.25, 0.3) is 0 Å². The van der Waals surface area contributed by atoms with E-state index in [1.54, 1.807) is 0 Å². The Hall–Kier alpha value is -1.38. The van der Waals surface area contributed by atoms with E-state index in [2.05, 4.69) is 42.9 Å². The van der Waals surface area contributed by atoms with E-state index in [0.717, 1.165) is 6.92 Å². The molecule has 108 valence electrons. The third kappa shape index (κ3) is 11.4. The molecule has 19 heavy (non-hydrogen) atoms. The second-order valence-electron chi connectivity index (χ2n) is 4.75. The highest BCUT2D eigenvalue weighted by Gasteiger charge is 1.99. The molecule has 0 aliphatic heterocycles. The summed E-state index contributed by atoms with van der Waals surface area (Å²) in [6.45, 7) is 6.63. The molecule has 0 atom stereocenters. The summed E-state index contributed by atoms with van der Waals surface area (Å²) in [6.07, 6.45) is 12.2. The van der Waals surface area contributed by atoms with Crippen molar-refractivity contribution < 1.29 is 14.5 Å². The number of carboxylic acid groups (broad SMARTS) is 1. The summed E-state index contributed by atoms with van der Waals surface area (Å²) in [6, 6.07) is 4.53. The number of rotatable bonds is 7. The van der Waals surface area contributed by atoms with Crippen LogP contribution < -0.4 is 9.67 Å². The van der Waals surface area contributed by atoms with Gasteiger partial charge < -0.3 is 9.90 Å². The molecule has 0 radical (unpaired) electrons. The number of aryl methyl sites for hydroxylation is 2. The number of carbonyl (C=O) groups is 1. The molecule has 0 aliphatic carbocycles. The average Bonchev–Trinajstić information content (AvgIpc) is 2.37. The smallest absolute Gasteiger partial charge is 0.169 e. The first-order valence-corrected chi connectivity index (χ1v) is 7.25. The average molecular weight is 265 g/mol. The first-order valence-electron chi connectivity index (χ1n) is 7.25. The predicted octanol–water partition coefficient (Wildman–Crippen LogP) is 2.26. The molecule has 0 bridgehead atoms. The maximum atomic E-state index is 8.89. The number of carbonyl (C=O) groups excluding carboxylic acids is 1. The highest BCUT2D eigenvalue weighted by atomic mass is 16.4. The Balaban J connectivity index is 0.000000711. The molecule has 1 aromatic heterocycles. The molecule has 0 saturated carbocycles. The van der Waals surface area contributed by atoms with Crippen molar-refractivity contribution in [2.75, 3.05) is 0 Å². The van der Waals surface area contributed by atoms with E-state index in [1.165, 1.54) is 50.6 Å². The number of pyridine rings is 1. The summed E-state index contributed by atoms with van der Waals surface area (Å²) in [5.41, 5.74) is 1.48. The van der Waals surface area contributed by atoms with E-state index in [-0.39, 0.29) is 0 Å². The lowest BCUT2D eigenvalue weighted by Crippen LogP contribution is -2.32. The molecule has 1 heterocycles. The largest absolute Gasteiger partial charge is 0.550 e. The van der Waals surface area contributed by atoms with Crippen LogP contribution >= 0.6 is 0 Å². The van der Waals surface area contributed by atoms with E-state index in [9.17, 15) is 0 Å². The van der Waals surface area contributed by atoms with Crippen molar-refractivity contribution in [3.63, 3.8) is 0 Å². The number of unbranched alkanes of at least 4 members (excludes halogenated alkanes) is 3. The highest BCUT2D eigenvalue weighted by Crippen LogP contribution is 2.02. The summed E-state index contributed by atoms with van der Waals surface area (Å²) in [4.78, 5) is 8.89. The SMILES string of the molecule is CC(=O)[O-].CCCCC[n+]1ccc(CCCC)cc1. The minimum atomic E-state index is -1.08. The first-order chi connectivity index (χ1) is 9.10. The second kappa shape index (κ2) is 11.7. The molecule has 1 aromatic rings. The Kier molecular flexibility index (Phi) is 10.8. The van der Waals surface area contributed by atoms with Crippen LogP contribution in [-0.2, 0) is 17.8 Å². The Morgan fingerprint density at radius 3 is 2.11 bits per heavy atom. The molecule has 0 spiro atoms. The van der Waals surface area contributed by atoms with Gasteiger partial charge in [-0.2, -0.15) is 0 Å². The minimum absolute atomic E-state index is 0.972. The summed E-state index contributed by atoms with van der Waals surface area (Å²) >= 11 is 0. The van der Waals surface area contributed by atoms with Crippen molar-refractivity contribution in [2.24, 2.45) is 0 Å². The summed E-state index contributed by atoms with van der Waals surface area (Å²) in [7, 11) is 0. The predicted molar refractivity (Wildman–Crippen MR) is 75.5 cm³/mol. The molecular formula is C16H27NO2. The Labute approximate surface area is 117 Å². The molecule has 0 aliphatic rings. The second-order valence-corrected chi connectivity index (χ2v) is 4.75. The van der Waals surface area contributed by atoms with E-state index in [0.29, 0.717) is 0 Å². The highest BCUT2D eigenvalue weighted by molar-refractivity contribution is 5.60. The molecule has 0 aromatic carbocycles. The number of nitrogens with zero attached hydrogens (tertiary/aromatic N) is 1. The van der Waals surface area contributed by atoms with Crippen molar-refractivity contribution >= 4 is 5.97 Å². The quantitative estimate of drug-likeness (QED) is 0.560. The molecule has 0 amide bonds. The zero-order valence-corrected chi connectivity index (χ0v) is 12.5. The Bertz CT molecular complexity index is 329. The number of aromatic nitrogens is 1. The molecule has 3 heteroatoms. The number of hydrogen-bond acceptors (Lipinski definition) is 2. The van der Waals surface area contributed by atoms with Gasteiger partial charge in [0.05, 0.1) is 0 Å². The molecule has 1 rings (SSSR count). The van der Waals surface area contributed by atoms with Crippen LogP contribution in [0.4, 0.5) is 0 Å². The normalized spacial score (nSPS) is 9.63. The molecular weight excluding hydrogens is 238 g/mol. The fourth-order valence-electron chi connectivity index (χ4n) is 1.73. The van der Waals surface area contributed by atoms with E-state index >= 15 is 0 Å². The van der Waals surface area contributed by atoms with E-state index in [1.807, 2.05) is 0 Å². The van der Waals surface area contributed by atoms with Gasteiger partial charge in [-0.3, -0.25) is 0 Å². The molecule has 0 unspecified atom stereocenters. The van der Waals surface area contributed by atoms with Crippen LogP contribution in [0.1, 0.15) is 58.4 Å². The minimum Gasteiger partial charge on any atom is -0.550 e. The van der Waals surface area contributed by atoms with Gasteiger partial charge >= 0.3 is 0 Å². The lowest BCUT2D eigenvalue weighted by molar-refractivity contribution is -0.697. The number of aliphatic carboxylic acids is 1. The summed E-state index contributed by atoms with van der Waals surface area (Å²) < 4.78 is 2.30. The Morgan fingerprint density at radius 1 is 1.11 bits per heavy atom. The van der Waals surface area contributed by atoms with Gasteiger partial charge in [0.2, 0.25) is 0 Å². The Morgan fingerprint density at radius 2 is 1.63 bits per heavy atom. The zero-order valence-electron chi connectivity index (χ0n) is 12.5. The molecule has 0 fully saturated rings. The zero-order chi connectivity index (χ0) is 14.5. The van der Waals surface area contributed by atoms with Crippen LogP contribution in [0.2, 0.25) is 0 Å². The van der Waals surface area contributed by atoms with Crippen LogP contribution in [-0.4, -0.2) is 5.97 Å². The van der Waals surface area contributed by atoms with Crippen LogP contribution in [0, 0.1) is 0 Å². The van der Waals surface area contributed by atoms with E-state index in [4.69, 9.17) is 9.90 Å². The van der Waals surface area contributed by atoms with Gasteiger partial charge in [-0.15, -0.1) is 0 Å². The van der Waals surface area contributed by atoms with Crippen molar-refractivity contribution in [1.29, 1.82) is 0 Å². The van der Waals surface area contributed by atoms with Crippen molar-refractivity contribution in [2.45, 2.75) is 65.8 Å². The third-order valence-corrected chi connectivity index (χ3v) is 2.80. The summed E-state index contributed by atoms with van der Waals surface area (Å²) in [5.74, 6) is -1.08. The van der Waals surface area contributed by atoms with Gasteiger partial charge in [-0.1, -0.05) is 26.7 Å². The standard InChI is InChI=1S/C14H24N.C2H4O2/c1-3-5-7-11-15-12-9-14(10-13-15)8-6-4-2;1-2(3)4/h9-10,12-13H,3-8,11H2,1-2H3;1H3,(H,3,4)/q+1;/p-1. The van der Waals surface area contributed by atoms with Gasteiger partial charge in [-0.25, -0.2) is 4.57 Å². The maximum Gasteiger partial charge on any atom is 0.169 e. The lowest BCUT2D eigenvalue weighted by atomic mass is 10.1. The summed E-state index contributed by atoms with van der Waals surface area (Å²) in [5, 5.41) is 8.89. The van der Waals surface area contributed by atoms with Gasteiger partial charge in [0.15, 0.2) is 12.4 Å². The fraction of sp³-hybridized carbons (Fsp3) is 0.625. The number of carboxylic acids is 1. The van der Waals surface area contributed by atoms with Crippen LogP contribution in [0.5, 0.6) is 0 Å².